The van der Waals surface area contributed by atoms with Crippen molar-refractivity contribution in [2.45, 2.75) is 13.1 Å². The molecule has 2 aromatic heterocycles. The minimum absolute atomic E-state index is 1.22. The Labute approximate surface area is 137 Å². The summed E-state index contributed by atoms with van der Waals surface area (Å²) in [5, 5.41) is 3.36. The van der Waals surface area contributed by atoms with E-state index in [0.717, 1.165) is 0 Å². The van der Waals surface area contributed by atoms with E-state index in [9.17, 15) is 0 Å². The molecule has 0 radical (unpaired) electrons. The maximum absolute atomic E-state index is 4.60. The first-order valence-corrected chi connectivity index (χ1v) is 11.4. The lowest BCUT2D eigenvalue weighted by Crippen LogP contribution is -2.41. The molecule has 0 spiro atoms. The first kappa shape index (κ1) is 14.9. The molecule has 1 nitrogen and oxygen atoms in total. The largest absolute Gasteiger partial charge is 0.266 e. The van der Waals surface area contributed by atoms with Gasteiger partial charge in [0, 0.05) is 16.4 Å². The van der Waals surface area contributed by atoms with Crippen LogP contribution in [-0.4, -0.2) is 13.1 Å². The highest BCUT2D eigenvalue weighted by Crippen LogP contribution is 2.28. The first-order chi connectivity index (χ1) is 10.7. The Morgan fingerprint density at radius 1 is 0.955 bits per heavy atom. The zero-order valence-electron chi connectivity index (χ0n) is 12.9. The Bertz CT molecular complexity index is 747. The molecule has 0 saturated heterocycles. The molecule has 110 valence electrons. The molecular formula is C19H19NSSi. The first-order valence-electron chi connectivity index (χ1n) is 7.40. The van der Waals surface area contributed by atoms with E-state index in [1.165, 1.54) is 21.3 Å². The fourth-order valence-electron chi connectivity index (χ4n) is 2.52. The SMILES string of the molecule is C[Si](C)(/C=C(\c1ccccc1)c1cccs1)c1ccccn1. The average Bonchev–Trinajstić information content (AvgIpc) is 3.09. The van der Waals surface area contributed by atoms with E-state index in [2.05, 4.69) is 83.8 Å². The second kappa shape index (κ2) is 6.42. The van der Waals surface area contributed by atoms with Gasteiger partial charge in [0.2, 0.25) is 0 Å². The molecule has 1 aromatic carbocycles. The molecule has 22 heavy (non-hydrogen) atoms. The van der Waals surface area contributed by atoms with Crippen molar-refractivity contribution in [1.29, 1.82) is 0 Å². The predicted molar refractivity (Wildman–Crippen MR) is 99.2 cm³/mol. The molecule has 0 saturated carbocycles. The van der Waals surface area contributed by atoms with Crippen LogP contribution < -0.4 is 5.32 Å². The Hall–Kier alpha value is -1.97. The van der Waals surface area contributed by atoms with Gasteiger partial charge in [-0.05, 0) is 34.7 Å². The minimum Gasteiger partial charge on any atom is -0.266 e. The van der Waals surface area contributed by atoms with Crippen LogP contribution in [-0.2, 0) is 0 Å². The van der Waals surface area contributed by atoms with Crippen molar-refractivity contribution in [2.24, 2.45) is 0 Å². The van der Waals surface area contributed by atoms with Crippen molar-refractivity contribution >= 4 is 30.3 Å². The number of benzene rings is 1. The van der Waals surface area contributed by atoms with Gasteiger partial charge >= 0.3 is 0 Å². The van der Waals surface area contributed by atoms with Gasteiger partial charge < -0.3 is 0 Å². The molecule has 0 aliphatic heterocycles. The van der Waals surface area contributed by atoms with Crippen molar-refractivity contribution < 1.29 is 0 Å². The van der Waals surface area contributed by atoms with Crippen LogP contribution in [0.3, 0.4) is 0 Å². The van der Waals surface area contributed by atoms with E-state index in [-0.39, 0.29) is 0 Å². The Balaban J connectivity index is 2.10. The summed E-state index contributed by atoms with van der Waals surface area (Å²) in [5.41, 5.74) is 5.08. The summed E-state index contributed by atoms with van der Waals surface area (Å²) < 4.78 is 0. The molecule has 0 amide bonds. The molecule has 3 rings (SSSR count). The lowest BCUT2D eigenvalue weighted by atomic mass is 10.1. The Morgan fingerprint density at radius 3 is 2.36 bits per heavy atom. The zero-order chi connectivity index (χ0) is 15.4. The van der Waals surface area contributed by atoms with E-state index in [1.54, 1.807) is 11.3 Å². The van der Waals surface area contributed by atoms with Crippen molar-refractivity contribution in [3.63, 3.8) is 0 Å². The molecular weight excluding hydrogens is 302 g/mol. The summed E-state index contributed by atoms with van der Waals surface area (Å²) in [6.45, 7) is 4.71. The molecule has 2 heterocycles. The second-order valence-corrected chi connectivity index (χ2v) is 11.0. The number of nitrogens with zero attached hydrogens (tertiary/aromatic N) is 1. The van der Waals surface area contributed by atoms with Gasteiger partial charge in [0.05, 0.1) is 0 Å². The van der Waals surface area contributed by atoms with Gasteiger partial charge in [-0.1, -0.05) is 61.3 Å². The third-order valence-corrected chi connectivity index (χ3v) is 7.23. The number of aromatic nitrogens is 1. The number of hydrogen-bond donors (Lipinski definition) is 0. The third kappa shape index (κ3) is 3.26. The van der Waals surface area contributed by atoms with E-state index >= 15 is 0 Å². The van der Waals surface area contributed by atoms with E-state index in [0.29, 0.717) is 0 Å². The number of rotatable bonds is 4. The van der Waals surface area contributed by atoms with Gasteiger partial charge in [0.15, 0.2) is 0 Å². The summed E-state index contributed by atoms with van der Waals surface area (Å²) in [7, 11) is -1.75. The maximum atomic E-state index is 4.60. The van der Waals surface area contributed by atoms with Crippen molar-refractivity contribution in [3.05, 3.63) is 88.4 Å². The second-order valence-electron chi connectivity index (χ2n) is 5.84. The molecule has 0 aliphatic carbocycles. The normalized spacial score (nSPS) is 12.4. The van der Waals surface area contributed by atoms with Crippen molar-refractivity contribution in [1.82, 2.24) is 4.98 Å². The summed E-state index contributed by atoms with van der Waals surface area (Å²) in [6.07, 6.45) is 1.89. The monoisotopic (exact) mass is 321 g/mol. The van der Waals surface area contributed by atoms with Gasteiger partial charge in [-0.2, -0.15) is 0 Å². The number of thiophene rings is 1. The summed E-state index contributed by atoms with van der Waals surface area (Å²) in [4.78, 5) is 5.92. The van der Waals surface area contributed by atoms with Crippen molar-refractivity contribution in [2.75, 3.05) is 0 Å². The lowest BCUT2D eigenvalue weighted by Gasteiger charge is -2.19. The van der Waals surface area contributed by atoms with E-state index in [4.69, 9.17) is 0 Å². The number of pyridine rings is 1. The van der Waals surface area contributed by atoms with Gasteiger partial charge in [-0.3, -0.25) is 4.98 Å². The van der Waals surface area contributed by atoms with Crippen LogP contribution in [0.2, 0.25) is 13.1 Å². The zero-order valence-corrected chi connectivity index (χ0v) is 14.7. The molecule has 0 N–H and O–H groups in total. The highest BCUT2D eigenvalue weighted by molar-refractivity contribution is 7.11. The molecule has 3 heteroatoms. The minimum atomic E-state index is -1.75. The molecule has 0 aliphatic rings. The van der Waals surface area contributed by atoms with Gasteiger partial charge in [-0.25, -0.2) is 0 Å². The molecule has 0 atom stereocenters. The van der Waals surface area contributed by atoms with Crippen LogP contribution in [0, 0.1) is 0 Å². The van der Waals surface area contributed by atoms with Crippen LogP contribution >= 0.6 is 11.3 Å². The van der Waals surface area contributed by atoms with Crippen LogP contribution in [0.1, 0.15) is 10.4 Å². The fourth-order valence-corrected chi connectivity index (χ4v) is 5.52. The predicted octanol–water partition coefficient (Wildman–Crippen LogP) is 4.73. The fraction of sp³-hybridized carbons (Fsp3) is 0.105. The molecule has 3 aromatic rings. The quantitative estimate of drug-likeness (QED) is 0.633. The molecule has 0 unspecified atom stereocenters. The van der Waals surface area contributed by atoms with Crippen LogP contribution in [0.5, 0.6) is 0 Å². The average molecular weight is 322 g/mol. The summed E-state index contributed by atoms with van der Waals surface area (Å²) >= 11 is 1.80. The smallest absolute Gasteiger partial charge is 0.128 e. The summed E-state index contributed by atoms with van der Waals surface area (Å²) in [6, 6.07) is 21.2. The highest BCUT2D eigenvalue weighted by atomic mass is 32.1. The van der Waals surface area contributed by atoms with Gasteiger partial charge in [-0.15, -0.1) is 11.3 Å². The molecule has 0 fully saturated rings. The summed E-state index contributed by atoms with van der Waals surface area (Å²) in [5.74, 6) is 0. The highest BCUT2D eigenvalue weighted by Gasteiger charge is 2.24. The Morgan fingerprint density at radius 2 is 1.73 bits per heavy atom. The number of hydrogen-bond acceptors (Lipinski definition) is 2. The third-order valence-electron chi connectivity index (χ3n) is 3.70. The lowest BCUT2D eigenvalue weighted by molar-refractivity contribution is 1.37. The van der Waals surface area contributed by atoms with Crippen LogP contribution in [0.25, 0.3) is 5.57 Å². The van der Waals surface area contributed by atoms with E-state index < -0.39 is 8.07 Å². The van der Waals surface area contributed by atoms with E-state index in [1.807, 2.05) is 12.3 Å². The maximum Gasteiger partial charge on any atom is 0.128 e. The van der Waals surface area contributed by atoms with Gasteiger partial charge in [0.25, 0.3) is 0 Å². The van der Waals surface area contributed by atoms with Crippen LogP contribution in [0.4, 0.5) is 0 Å². The van der Waals surface area contributed by atoms with Gasteiger partial charge in [0.1, 0.15) is 8.07 Å². The Kier molecular flexibility index (Phi) is 4.36. The van der Waals surface area contributed by atoms with Crippen LogP contribution in [0.15, 0.2) is 77.9 Å². The topological polar surface area (TPSA) is 12.9 Å². The van der Waals surface area contributed by atoms with Crippen molar-refractivity contribution in [3.8, 4) is 0 Å². The molecule has 0 bridgehead atoms. The standard InChI is InChI=1S/C19H19NSSi/c1-22(2,19-12-6-7-13-20-19)15-17(18-11-8-14-21-18)16-9-4-3-5-10-16/h3-15H,1-2H3/b17-15+.